The van der Waals surface area contributed by atoms with Crippen molar-refractivity contribution in [3.05, 3.63) is 93.3 Å². The van der Waals surface area contributed by atoms with Gasteiger partial charge in [-0.1, -0.05) is 36.4 Å². The van der Waals surface area contributed by atoms with Crippen LogP contribution in [0.2, 0.25) is 0 Å². The van der Waals surface area contributed by atoms with E-state index < -0.39 is 0 Å². The molecule has 2 aromatic rings. The first-order valence-electron chi connectivity index (χ1n) is 10.8. The summed E-state index contributed by atoms with van der Waals surface area (Å²) in [5.41, 5.74) is 6.42. The quantitative estimate of drug-likeness (QED) is 0.470. The normalized spacial score (nSPS) is 11.7. The van der Waals surface area contributed by atoms with Gasteiger partial charge >= 0.3 is 0 Å². The molecule has 1 N–H and O–H groups in total. The van der Waals surface area contributed by atoms with Gasteiger partial charge < -0.3 is 14.8 Å². The van der Waals surface area contributed by atoms with Gasteiger partial charge in [0.2, 0.25) is 0 Å². The molecule has 2 heterocycles. The molecule has 0 unspecified atom stereocenters. The third kappa shape index (κ3) is 4.90. The van der Waals surface area contributed by atoms with E-state index in [2.05, 4.69) is 68.3 Å². The molecule has 6 heteroatoms. The second-order valence-electron chi connectivity index (χ2n) is 8.46. The topological polar surface area (TPSA) is 57.2 Å². The van der Waals surface area contributed by atoms with E-state index in [1.807, 2.05) is 52.5 Å². The van der Waals surface area contributed by atoms with E-state index >= 15 is 0 Å². The van der Waals surface area contributed by atoms with Crippen LogP contribution in [0.3, 0.4) is 0 Å². The van der Waals surface area contributed by atoms with Gasteiger partial charge in [-0.3, -0.25) is 9.36 Å². The molecule has 0 fully saturated rings. The summed E-state index contributed by atoms with van der Waals surface area (Å²) in [6.45, 7) is 1.74. The molecule has 4 rings (SSSR count). The Kier molecular flexibility index (Phi) is 6.18. The van der Waals surface area contributed by atoms with Crippen LogP contribution in [0, 0.1) is 6.92 Å². The third-order valence-corrected chi connectivity index (χ3v) is 5.53. The Morgan fingerprint density at radius 3 is 1.82 bits per heavy atom. The summed E-state index contributed by atoms with van der Waals surface area (Å²) >= 11 is 0. The number of nitrogens with zero attached hydrogens (tertiary/aromatic N) is 4. The molecular formula is C27H29N5O. The van der Waals surface area contributed by atoms with Crippen molar-refractivity contribution >= 4 is 35.7 Å². The molecule has 33 heavy (non-hydrogen) atoms. The van der Waals surface area contributed by atoms with Crippen molar-refractivity contribution in [2.75, 3.05) is 38.0 Å². The summed E-state index contributed by atoms with van der Waals surface area (Å²) in [5.74, 6) is 0.617. The maximum atomic E-state index is 12.6. The van der Waals surface area contributed by atoms with Crippen molar-refractivity contribution < 1.29 is 0 Å². The third-order valence-electron chi connectivity index (χ3n) is 5.53. The number of anilines is 2. The highest BCUT2D eigenvalue weighted by Gasteiger charge is 2.15. The Morgan fingerprint density at radius 1 is 0.788 bits per heavy atom. The van der Waals surface area contributed by atoms with Gasteiger partial charge in [0.15, 0.2) is 5.82 Å². The highest BCUT2D eigenvalue weighted by molar-refractivity contribution is 5.74. The van der Waals surface area contributed by atoms with E-state index in [1.165, 1.54) is 0 Å². The van der Waals surface area contributed by atoms with Gasteiger partial charge in [0.1, 0.15) is 5.69 Å². The summed E-state index contributed by atoms with van der Waals surface area (Å²) in [7, 11) is 8.09. The molecule has 0 aromatic heterocycles. The monoisotopic (exact) mass is 439 g/mol. The first-order valence-corrected chi connectivity index (χ1v) is 10.8. The standard InChI is InChI=1S/C27H29N5O/c1-19-27(33)32-18-22(12-6-20-7-13-23(14-8-20)30(2)3)29-25(26(32)28-19)17-11-21-9-15-24(16-10-21)31(4)5/h6-18,29H,1-5H3/b12-6+,17-11+. The first-order chi connectivity index (χ1) is 15.8. The fourth-order valence-electron chi connectivity index (χ4n) is 3.56. The zero-order chi connectivity index (χ0) is 23.5. The molecule has 0 saturated carbocycles. The van der Waals surface area contributed by atoms with Crippen molar-refractivity contribution in [3.63, 3.8) is 0 Å². The van der Waals surface area contributed by atoms with E-state index in [0.29, 0.717) is 11.5 Å². The van der Waals surface area contributed by atoms with Gasteiger partial charge in [0.05, 0.1) is 11.4 Å². The van der Waals surface area contributed by atoms with Crippen LogP contribution >= 0.6 is 0 Å². The minimum atomic E-state index is -0.103. The summed E-state index contributed by atoms with van der Waals surface area (Å²) in [6, 6.07) is 16.6. The fourth-order valence-corrected chi connectivity index (χ4v) is 3.56. The van der Waals surface area contributed by atoms with Crippen molar-refractivity contribution in [3.8, 4) is 5.82 Å². The van der Waals surface area contributed by atoms with Gasteiger partial charge in [0.25, 0.3) is 5.56 Å². The highest BCUT2D eigenvalue weighted by Crippen LogP contribution is 2.19. The Bertz CT molecular complexity index is 1320. The van der Waals surface area contributed by atoms with Crippen LogP contribution in [0.4, 0.5) is 11.4 Å². The maximum Gasteiger partial charge on any atom is 0.277 e. The van der Waals surface area contributed by atoms with E-state index in [1.54, 1.807) is 17.7 Å². The molecule has 0 amide bonds. The number of fused-ring (bicyclic) bond motifs is 1. The van der Waals surface area contributed by atoms with Crippen LogP contribution in [0.25, 0.3) is 30.1 Å². The van der Waals surface area contributed by atoms with E-state index in [4.69, 9.17) is 0 Å². The van der Waals surface area contributed by atoms with E-state index in [0.717, 1.165) is 33.9 Å². The second kappa shape index (κ2) is 9.20. The van der Waals surface area contributed by atoms with Crippen LogP contribution in [0.15, 0.2) is 59.5 Å². The molecule has 0 saturated heterocycles. The average molecular weight is 440 g/mol. The van der Waals surface area contributed by atoms with Crippen molar-refractivity contribution in [2.24, 2.45) is 0 Å². The van der Waals surface area contributed by atoms with E-state index in [-0.39, 0.29) is 5.56 Å². The van der Waals surface area contributed by atoms with Crippen LogP contribution in [-0.2, 0) is 0 Å². The molecule has 0 spiro atoms. The lowest BCUT2D eigenvalue weighted by molar-refractivity contribution is 0.954. The van der Waals surface area contributed by atoms with Gasteiger partial charge in [-0.25, -0.2) is 4.98 Å². The van der Waals surface area contributed by atoms with Gasteiger partial charge in [-0.15, -0.1) is 0 Å². The number of nitrogens with one attached hydrogen (secondary N) is 1. The van der Waals surface area contributed by atoms with Crippen molar-refractivity contribution in [2.45, 2.75) is 6.92 Å². The molecule has 6 nitrogen and oxygen atoms in total. The maximum absolute atomic E-state index is 12.6. The first kappa shape index (κ1) is 22.1. The summed E-state index contributed by atoms with van der Waals surface area (Å²) in [5, 5.41) is 0. The predicted octanol–water partition coefficient (Wildman–Crippen LogP) is 4.78. The molecule has 0 atom stereocenters. The van der Waals surface area contributed by atoms with E-state index in [9.17, 15) is 4.79 Å². The Balaban J connectivity index is 1.67. The van der Waals surface area contributed by atoms with Crippen LogP contribution in [0.5, 0.6) is 0 Å². The lowest BCUT2D eigenvalue weighted by Crippen LogP contribution is -2.15. The van der Waals surface area contributed by atoms with Crippen molar-refractivity contribution in [1.82, 2.24) is 14.5 Å². The van der Waals surface area contributed by atoms with Gasteiger partial charge in [0, 0.05) is 45.8 Å². The number of hydrogen-bond acceptors (Lipinski definition) is 4. The summed E-state index contributed by atoms with van der Waals surface area (Å²) in [6.07, 6.45) is 9.79. The SMILES string of the molecule is Cc1nc2c(/C=C/c3ccc(N(C)C)cc3)[nH]c(/C=C/c3ccc(N(C)C)cc3)cn-2c1=O. The number of imidazole rings is 1. The summed E-state index contributed by atoms with van der Waals surface area (Å²) < 4.78 is 1.61. The Hall–Kier alpha value is -4.06. The predicted molar refractivity (Wildman–Crippen MR) is 140 cm³/mol. The number of benzene rings is 2. The fraction of sp³-hybridized carbons (Fsp3) is 0.185. The number of aryl methyl sites for hydroxylation is 1. The van der Waals surface area contributed by atoms with Crippen molar-refractivity contribution in [1.29, 1.82) is 0 Å². The molecule has 168 valence electrons. The molecule has 2 aliphatic heterocycles. The summed E-state index contributed by atoms with van der Waals surface area (Å²) in [4.78, 5) is 24.6. The number of rotatable bonds is 6. The minimum absolute atomic E-state index is 0.103. The lowest BCUT2D eigenvalue weighted by Gasteiger charge is -2.12. The lowest BCUT2D eigenvalue weighted by atomic mass is 10.1. The van der Waals surface area contributed by atoms with Gasteiger partial charge in [-0.05, 0) is 54.5 Å². The smallest absolute Gasteiger partial charge is 0.277 e. The molecule has 0 aliphatic carbocycles. The molecule has 0 bridgehead atoms. The van der Waals surface area contributed by atoms with Crippen LogP contribution in [-0.4, -0.2) is 42.7 Å². The zero-order valence-corrected chi connectivity index (χ0v) is 19.7. The Morgan fingerprint density at radius 2 is 1.30 bits per heavy atom. The van der Waals surface area contributed by atoms with Gasteiger partial charge in [-0.2, -0.15) is 0 Å². The molecule has 2 aromatic carbocycles. The molecule has 0 radical (unpaired) electrons. The van der Waals surface area contributed by atoms with Crippen LogP contribution < -0.4 is 15.4 Å². The number of aromatic nitrogens is 3. The van der Waals surface area contributed by atoms with Crippen LogP contribution in [0.1, 0.15) is 28.2 Å². The molecule has 2 aliphatic rings. The average Bonchev–Trinajstić information content (AvgIpc) is 3.10. The second-order valence-corrected chi connectivity index (χ2v) is 8.46. The number of aromatic amines is 1. The highest BCUT2D eigenvalue weighted by atomic mass is 16.1. The largest absolute Gasteiger partial charge is 0.378 e. The molecular weight excluding hydrogens is 410 g/mol. The number of H-pyrrole nitrogens is 1. The minimum Gasteiger partial charge on any atom is -0.378 e. The number of hydrogen-bond donors (Lipinski definition) is 1. The zero-order valence-electron chi connectivity index (χ0n) is 19.7. The Labute approximate surface area is 194 Å².